The van der Waals surface area contributed by atoms with E-state index in [1.807, 2.05) is 0 Å². The standard InChI is InChI=1S/C14H10N4O5S2/c15-25(22,23)14-18-8-5-4-7(6-11(8)24-14)16-12(19)9-2-1-3-10(17-9)13(20)21/h1-6H,(H,16,19)(H,20,21)(H2,15,22,23). The molecule has 9 nitrogen and oxygen atoms in total. The van der Waals surface area contributed by atoms with Crippen LogP contribution in [0, 0.1) is 0 Å². The van der Waals surface area contributed by atoms with Crippen molar-refractivity contribution in [2.75, 3.05) is 5.32 Å². The van der Waals surface area contributed by atoms with Crippen molar-refractivity contribution in [2.45, 2.75) is 4.34 Å². The van der Waals surface area contributed by atoms with E-state index < -0.39 is 21.9 Å². The lowest BCUT2D eigenvalue weighted by atomic mass is 10.2. The van der Waals surface area contributed by atoms with Gasteiger partial charge in [-0.2, -0.15) is 0 Å². The molecule has 0 spiro atoms. The molecule has 2 heterocycles. The molecule has 11 heteroatoms. The molecule has 0 saturated carbocycles. The van der Waals surface area contributed by atoms with Gasteiger partial charge in [-0.15, -0.1) is 11.3 Å². The zero-order valence-electron chi connectivity index (χ0n) is 12.3. The number of amides is 1. The maximum Gasteiger partial charge on any atom is 0.354 e. The monoisotopic (exact) mass is 378 g/mol. The number of carbonyl (C=O) groups is 2. The van der Waals surface area contributed by atoms with Gasteiger partial charge in [0, 0.05) is 5.69 Å². The fourth-order valence-corrected chi connectivity index (χ4v) is 3.67. The molecule has 128 valence electrons. The summed E-state index contributed by atoms with van der Waals surface area (Å²) in [6.45, 7) is 0. The minimum absolute atomic E-state index is 0.0606. The molecule has 0 unspecified atom stereocenters. The molecule has 1 aromatic carbocycles. The molecular weight excluding hydrogens is 368 g/mol. The Bertz CT molecular complexity index is 1110. The molecule has 0 aliphatic carbocycles. The van der Waals surface area contributed by atoms with Crippen LogP contribution in [-0.4, -0.2) is 35.4 Å². The number of rotatable bonds is 4. The van der Waals surface area contributed by atoms with Gasteiger partial charge in [-0.3, -0.25) is 4.79 Å². The minimum atomic E-state index is -3.90. The number of benzene rings is 1. The van der Waals surface area contributed by atoms with Gasteiger partial charge in [0.05, 0.1) is 10.2 Å². The van der Waals surface area contributed by atoms with E-state index in [0.29, 0.717) is 15.9 Å². The third-order valence-corrected chi connectivity index (χ3v) is 5.41. The number of carboxylic acids is 1. The number of hydrogen-bond acceptors (Lipinski definition) is 7. The van der Waals surface area contributed by atoms with E-state index in [0.717, 1.165) is 11.3 Å². The van der Waals surface area contributed by atoms with E-state index in [-0.39, 0.29) is 15.7 Å². The Morgan fingerprint density at radius 3 is 2.52 bits per heavy atom. The SMILES string of the molecule is NS(=O)(=O)c1nc2ccc(NC(=O)c3cccc(C(=O)O)n3)cc2s1. The average molecular weight is 378 g/mol. The van der Waals surface area contributed by atoms with Gasteiger partial charge in [0.15, 0.2) is 0 Å². The van der Waals surface area contributed by atoms with Crippen molar-refractivity contribution in [1.82, 2.24) is 9.97 Å². The van der Waals surface area contributed by atoms with Crippen molar-refractivity contribution < 1.29 is 23.1 Å². The summed E-state index contributed by atoms with van der Waals surface area (Å²) >= 11 is 0.879. The Labute approximate surface area is 145 Å². The van der Waals surface area contributed by atoms with Crippen LogP contribution in [0.25, 0.3) is 10.2 Å². The van der Waals surface area contributed by atoms with Crippen molar-refractivity contribution >= 4 is 49.1 Å². The van der Waals surface area contributed by atoms with Crippen LogP contribution in [0.1, 0.15) is 21.0 Å². The Morgan fingerprint density at radius 1 is 1.12 bits per heavy atom. The number of primary sulfonamides is 1. The summed E-state index contributed by atoms with van der Waals surface area (Å²) in [5.41, 5.74) is 0.501. The predicted octanol–water partition coefficient (Wildman–Crippen LogP) is 1.29. The van der Waals surface area contributed by atoms with Gasteiger partial charge in [-0.1, -0.05) is 6.07 Å². The van der Waals surface area contributed by atoms with E-state index >= 15 is 0 Å². The molecular formula is C14H10N4O5S2. The average Bonchev–Trinajstić information content (AvgIpc) is 2.98. The highest BCUT2D eigenvalue weighted by Gasteiger charge is 2.16. The maximum absolute atomic E-state index is 12.2. The largest absolute Gasteiger partial charge is 0.477 e. The van der Waals surface area contributed by atoms with Crippen LogP contribution in [-0.2, 0) is 10.0 Å². The lowest BCUT2D eigenvalue weighted by molar-refractivity contribution is 0.0690. The first-order valence-corrected chi connectivity index (χ1v) is 9.05. The van der Waals surface area contributed by atoms with E-state index in [1.165, 1.54) is 30.3 Å². The summed E-state index contributed by atoms with van der Waals surface area (Å²) in [5.74, 6) is -1.84. The number of fused-ring (bicyclic) bond motifs is 1. The summed E-state index contributed by atoms with van der Waals surface area (Å²) in [7, 11) is -3.90. The molecule has 0 aliphatic heterocycles. The molecule has 0 radical (unpaired) electrons. The summed E-state index contributed by atoms with van der Waals surface area (Å²) in [5, 5.41) is 16.5. The third kappa shape index (κ3) is 3.63. The van der Waals surface area contributed by atoms with Gasteiger partial charge in [0.25, 0.3) is 15.9 Å². The Kier molecular flexibility index (Phi) is 4.20. The van der Waals surface area contributed by atoms with Gasteiger partial charge < -0.3 is 10.4 Å². The minimum Gasteiger partial charge on any atom is -0.477 e. The van der Waals surface area contributed by atoms with E-state index in [1.54, 1.807) is 6.07 Å². The Morgan fingerprint density at radius 2 is 1.84 bits per heavy atom. The molecule has 3 rings (SSSR count). The first-order valence-electron chi connectivity index (χ1n) is 6.69. The van der Waals surface area contributed by atoms with Crippen molar-refractivity contribution in [3.8, 4) is 0 Å². The van der Waals surface area contributed by atoms with Crippen LogP contribution < -0.4 is 10.5 Å². The Balaban J connectivity index is 1.88. The van der Waals surface area contributed by atoms with Gasteiger partial charge in [-0.05, 0) is 30.3 Å². The smallest absolute Gasteiger partial charge is 0.354 e. The van der Waals surface area contributed by atoms with Crippen LogP contribution in [0.5, 0.6) is 0 Å². The van der Waals surface area contributed by atoms with Crippen molar-refractivity contribution in [2.24, 2.45) is 5.14 Å². The summed E-state index contributed by atoms with van der Waals surface area (Å²) in [6, 6.07) is 8.69. The van der Waals surface area contributed by atoms with Crippen molar-refractivity contribution in [3.05, 3.63) is 47.8 Å². The van der Waals surface area contributed by atoms with Gasteiger partial charge >= 0.3 is 5.97 Å². The maximum atomic E-state index is 12.2. The molecule has 1 amide bonds. The third-order valence-electron chi connectivity index (χ3n) is 3.07. The molecule has 0 atom stereocenters. The van der Waals surface area contributed by atoms with Crippen molar-refractivity contribution in [1.29, 1.82) is 0 Å². The first-order chi connectivity index (χ1) is 11.7. The number of nitrogens with two attached hydrogens (primary N) is 1. The van der Waals surface area contributed by atoms with E-state index in [4.69, 9.17) is 10.2 Å². The number of aromatic carboxylic acids is 1. The number of nitrogens with zero attached hydrogens (tertiary/aromatic N) is 2. The zero-order chi connectivity index (χ0) is 18.2. The number of aromatic nitrogens is 2. The van der Waals surface area contributed by atoms with Crippen LogP contribution in [0.4, 0.5) is 5.69 Å². The number of nitrogens with one attached hydrogen (secondary N) is 1. The van der Waals surface area contributed by atoms with Gasteiger partial charge in [0.1, 0.15) is 11.4 Å². The number of anilines is 1. The first kappa shape index (κ1) is 17.0. The number of carboxylic acid groups (broad SMARTS) is 1. The number of thiazole rings is 1. The number of hydrogen-bond donors (Lipinski definition) is 3. The molecule has 0 fully saturated rings. The summed E-state index contributed by atoms with van der Waals surface area (Å²) < 4.78 is 23.0. The van der Waals surface area contributed by atoms with Crippen LogP contribution in [0.15, 0.2) is 40.7 Å². The topological polar surface area (TPSA) is 152 Å². The second-order valence-corrected chi connectivity index (χ2v) is 7.64. The molecule has 3 aromatic rings. The predicted molar refractivity (Wildman–Crippen MR) is 90.1 cm³/mol. The highest BCUT2D eigenvalue weighted by molar-refractivity contribution is 7.91. The van der Waals surface area contributed by atoms with E-state index in [9.17, 15) is 18.0 Å². The van der Waals surface area contributed by atoms with Crippen molar-refractivity contribution in [3.63, 3.8) is 0 Å². The molecule has 25 heavy (non-hydrogen) atoms. The van der Waals surface area contributed by atoms with Gasteiger partial charge in [0.2, 0.25) is 4.34 Å². The summed E-state index contributed by atoms with van der Waals surface area (Å²) in [4.78, 5) is 30.8. The highest BCUT2D eigenvalue weighted by Crippen LogP contribution is 2.27. The number of pyridine rings is 1. The fourth-order valence-electron chi connectivity index (χ4n) is 1.98. The Hall–Kier alpha value is -2.89. The molecule has 0 aliphatic rings. The quantitative estimate of drug-likeness (QED) is 0.618. The molecule has 4 N–H and O–H groups in total. The number of sulfonamides is 1. The molecule has 2 aromatic heterocycles. The lowest BCUT2D eigenvalue weighted by Gasteiger charge is -2.05. The molecule has 0 bridgehead atoms. The second kappa shape index (κ2) is 6.20. The van der Waals surface area contributed by atoms with Crippen LogP contribution in [0.2, 0.25) is 0 Å². The summed E-state index contributed by atoms with van der Waals surface area (Å²) in [6.07, 6.45) is 0. The fraction of sp³-hybridized carbons (Fsp3) is 0. The van der Waals surface area contributed by atoms with Crippen LogP contribution in [0.3, 0.4) is 0 Å². The number of carbonyl (C=O) groups excluding carboxylic acids is 1. The van der Waals surface area contributed by atoms with Crippen LogP contribution >= 0.6 is 11.3 Å². The lowest BCUT2D eigenvalue weighted by Crippen LogP contribution is -2.15. The molecule has 0 saturated heterocycles. The highest BCUT2D eigenvalue weighted by atomic mass is 32.2. The van der Waals surface area contributed by atoms with Gasteiger partial charge in [-0.25, -0.2) is 28.3 Å². The zero-order valence-corrected chi connectivity index (χ0v) is 14.0. The van der Waals surface area contributed by atoms with E-state index in [2.05, 4.69) is 15.3 Å². The normalized spacial score (nSPS) is 11.4. The second-order valence-electron chi connectivity index (χ2n) is 4.87.